The van der Waals surface area contributed by atoms with E-state index < -0.39 is 30.0 Å². The summed E-state index contributed by atoms with van der Waals surface area (Å²) in [5.74, 6) is 0.0958. The normalized spacial score (nSPS) is 27.4. The quantitative estimate of drug-likeness (QED) is 0.366. The number of aliphatic imine (C=N–C) groups is 1. The Morgan fingerprint density at radius 3 is 2.96 bits per heavy atom. The molecule has 1 aliphatic heterocycles. The topological polar surface area (TPSA) is 155 Å². The van der Waals surface area contributed by atoms with Crippen LogP contribution in [0.25, 0.3) is 11.2 Å². The number of aromatic nitrogens is 4. The van der Waals surface area contributed by atoms with E-state index in [0.29, 0.717) is 0 Å². The van der Waals surface area contributed by atoms with Crippen molar-refractivity contribution in [1.82, 2.24) is 24.4 Å². The van der Waals surface area contributed by atoms with E-state index in [0.717, 1.165) is 0 Å². The molecule has 4 atom stereocenters. The molecule has 5 N–H and O–H groups in total. The minimum atomic E-state index is -1.07. The maximum absolute atomic E-state index is 12.1. The summed E-state index contributed by atoms with van der Waals surface area (Å²) in [6.07, 6.45) is 0.142. The lowest BCUT2D eigenvalue weighted by Gasteiger charge is -2.16. The average molecular weight is 337 g/mol. The van der Waals surface area contributed by atoms with Crippen molar-refractivity contribution in [3.63, 3.8) is 0 Å². The Balaban J connectivity index is 2.05. The van der Waals surface area contributed by atoms with Crippen molar-refractivity contribution < 1.29 is 14.9 Å². The molecule has 0 aromatic carbocycles. The van der Waals surface area contributed by atoms with Gasteiger partial charge in [-0.25, -0.2) is 9.98 Å². The number of rotatable bonds is 4. The van der Waals surface area contributed by atoms with Crippen LogP contribution in [0.3, 0.4) is 0 Å². The highest BCUT2D eigenvalue weighted by atomic mass is 16.5. The minimum Gasteiger partial charge on any atom is -0.394 e. The van der Waals surface area contributed by atoms with Crippen LogP contribution < -0.4 is 11.3 Å². The van der Waals surface area contributed by atoms with E-state index in [-0.39, 0.29) is 23.7 Å². The zero-order valence-corrected chi connectivity index (χ0v) is 13.2. The molecule has 0 bridgehead atoms. The van der Waals surface area contributed by atoms with Gasteiger partial charge in [-0.1, -0.05) is 0 Å². The summed E-state index contributed by atoms with van der Waals surface area (Å²) in [4.78, 5) is 28.6. The molecule has 1 saturated heterocycles. The van der Waals surface area contributed by atoms with Gasteiger partial charge in [0.2, 0.25) is 5.95 Å². The molecule has 130 valence electrons. The average Bonchev–Trinajstić information content (AvgIpc) is 3.08. The van der Waals surface area contributed by atoms with Crippen molar-refractivity contribution in [1.29, 1.82) is 0 Å². The molecule has 3 rings (SSSR count). The van der Waals surface area contributed by atoms with E-state index in [1.807, 2.05) is 0 Å². The minimum absolute atomic E-state index is 0.0932. The highest BCUT2D eigenvalue weighted by Gasteiger charge is 2.42. The zero-order chi connectivity index (χ0) is 17.4. The first-order chi connectivity index (χ1) is 11.4. The highest BCUT2D eigenvalue weighted by molar-refractivity contribution is 5.71. The van der Waals surface area contributed by atoms with Gasteiger partial charge in [-0.05, 0) is 0 Å². The van der Waals surface area contributed by atoms with Gasteiger partial charge in [0.1, 0.15) is 12.2 Å². The van der Waals surface area contributed by atoms with Crippen molar-refractivity contribution in [2.24, 2.45) is 10.7 Å². The lowest BCUT2D eigenvalue weighted by Crippen LogP contribution is -2.41. The lowest BCUT2D eigenvalue weighted by atomic mass is 10.1. The predicted octanol–water partition coefficient (Wildman–Crippen LogP) is -2.08. The number of imidazole rings is 1. The molecule has 2 unspecified atom stereocenters. The smallest absolute Gasteiger partial charge is 0.280 e. The van der Waals surface area contributed by atoms with Gasteiger partial charge >= 0.3 is 0 Å². The number of hydrogen-bond acceptors (Lipinski definition) is 8. The third-order valence-electron chi connectivity index (χ3n) is 3.71. The predicted molar refractivity (Wildman–Crippen MR) is 85.0 cm³/mol. The Bertz CT molecular complexity index is 814. The van der Waals surface area contributed by atoms with Crippen LogP contribution in [0.1, 0.15) is 6.23 Å². The number of hydrogen-bond donors (Lipinski definition) is 4. The van der Waals surface area contributed by atoms with Gasteiger partial charge < -0.3 is 25.6 Å². The van der Waals surface area contributed by atoms with Crippen molar-refractivity contribution in [2.45, 2.75) is 24.5 Å². The first-order valence-electron chi connectivity index (χ1n) is 7.29. The summed E-state index contributed by atoms with van der Waals surface area (Å²) in [5, 5.41) is 19.5. The van der Waals surface area contributed by atoms with Crippen LogP contribution in [0, 0.1) is 0 Å². The number of nitrogens with zero attached hydrogens (tertiary/aromatic N) is 5. The summed E-state index contributed by atoms with van der Waals surface area (Å²) in [6.45, 7) is -0.326. The number of nitrogens with one attached hydrogen (secondary N) is 1. The Kier molecular flexibility index (Phi) is 4.32. The second kappa shape index (κ2) is 6.28. The van der Waals surface area contributed by atoms with Gasteiger partial charge in [0.25, 0.3) is 5.56 Å². The number of fused-ring (bicyclic) bond motifs is 1. The monoisotopic (exact) mass is 337 g/mol. The molecule has 1 aliphatic rings. The fourth-order valence-corrected chi connectivity index (χ4v) is 2.49. The van der Waals surface area contributed by atoms with Crippen molar-refractivity contribution in [3.05, 3.63) is 16.7 Å². The van der Waals surface area contributed by atoms with Gasteiger partial charge in [-0.15, -0.1) is 0 Å². The third kappa shape index (κ3) is 2.78. The Labute approximate surface area is 136 Å². The molecule has 24 heavy (non-hydrogen) atoms. The Morgan fingerprint density at radius 1 is 1.58 bits per heavy atom. The van der Waals surface area contributed by atoms with E-state index in [1.54, 1.807) is 19.0 Å². The van der Waals surface area contributed by atoms with E-state index in [1.165, 1.54) is 17.2 Å². The van der Waals surface area contributed by atoms with Gasteiger partial charge in [-0.3, -0.25) is 14.3 Å². The largest absolute Gasteiger partial charge is 0.394 e. The molecule has 0 spiro atoms. The number of ether oxygens (including phenoxy) is 1. The van der Waals surface area contributed by atoms with E-state index in [9.17, 15) is 15.0 Å². The molecular formula is C13H19N7O4. The maximum atomic E-state index is 12.1. The second-order valence-corrected chi connectivity index (χ2v) is 5.74. The summed E-state index contributed by atoms with van der Waals surface area (Å²) >= 11 is 0. The standard InChI is InChI=1S/C13H19N7O4/c1-19(2)4-16-13-17-10-8(11(23)18-13)15-5-20(10)12-9(22)7(14)6(3-21)24-12/h4-7,9,12,21-22H,3,14H2,1-2H3,(H,17,18,23)/t6-,7?,9?,12-/m1/s1. The van der Waals surface area contributed by atoms with Gasteiger partial charge in [-0.2, -0.15) is 4.98 Å². The second-order valence-electron chi connectivity index (χ2n) is 5.74. The van der Waals surface area contributed by atoms with E-state index in [4.69, 9.17) is 10.5 Å². The SMILES string of the molecule is CN(C)C=Nc1nc2c(ncn2[C@@H]2O[C@H](CO)C(N)C2O)c(=O)[nH]1. The number of H-pyrrole nitrogens is 1. The lowest BCUT2D eigenvalue weighted by molar-refractivity contribution is -0.0488. The van der Waals surface area contributed by atoms with E-state index >= 15 is 0 Å². The van der Waals surface area contributed by atoms with Crippen LogP contribution in [0.4, 0.5) is 5.95 Å². The number of aromatic amines is 1. The van der Waals surface area contributed by atoms with Crippen LogP contribution in [0.5, 0.6) is 0 Å². The molecule has 0 aliphatic carbocycles. The van der Waals surface area contributed by atoms with E-state index in [2.05, 4.69) is 19.9 Å². The fraction of sp³-hybridized carbons (Fsp3) is 0.538. The first-order valence-corrected chi connectivity index (χ1v) is 7.29. The van der Waals surface area contributed by atoms with Crippen LogP contribution in [0.2, 0.25) is 0 Å². The molecule has 11 nitrogen and oxygen atoms in total. The van der Waals surface area contributed by atoms with Crippen LogP contribution in [-0.2, 0) is 4.74 Å². The Hall–Kier alpha value is -2.34. The highest BCUT2D eigenvalue weighted by Crippen LogP contribution is 2.29. The molecule has 1 fully saturated rings. The number of aliphatic hydroxyl groups is 2. The van der Waals surface area contributed by atoms with Crippen LogP contribution in [-0.4, -0.2) is 79.9 Å². The van der Waals surface area contributed by atoms with Gasteiger partial charge in [0.05, 0.1) is 25.3 Å². The van der Waals surface area contributed by atoms with Crippen LogP contribution >= 0.6 is 0 Å². The summed E-state index contributed by atoms with van der Waals surface area (Å²) < 4.78 is 6.98. The zero-order valence-electron chi connectivity index (χ0n) is 13.2. The molecule has 0 saturated carbocycles. The molecule has 2 aromatic heterocycles. The van der Waals surface area contributed by atoms with Gasteiger partial charge in [0, 0.05) is 14.1 Å². The third-order valence-corrected chi connectivity index (χ3v) is 3.71. The molecule has 11 heteroatoms. The van der Waals surface area contributed by atoms with Crippen LogP contribution in [0.15, 0.2) is 16.1 Å². The molecular weight excluding hydrogens is 318 g/mol. The maximum Gasteiger partial charge on any atom is 0.280 e. The summed E-state index contributed by atoms with van der Waals surface area (Å²) in [6, 6.07) is -0.759. The van der Waals surface area contributed by atoms with Gasteiger partial charge in [0.15, 0.2) is 17.4 Å². The number of aliphatic hydroxyl groups excluding tert-OH is 2. The van der Waals surface area contributed by atoms with Crippen molar-refractivity contribution >= 4 is 23.5 Å². The summed E-state index contributed by atoms with van der Waals surface area (Å²) in [7, 11) is 3.56. The Morgan fingerprint density at radius 2 is 2.33 bits per heavy atom. The first kappa shape index (κ1) is 16.5. The molecule has 0 amide bonds. The molecule has 0 radical (unpaired) electrons. The number of nitrogens with two attached hydrogens (primary N) is 1. The fourth-order valence-electron chi connectivity index (χ4n) is 2.49. The molecule has 3 heterocycles. The van der Waals surface area contributed by atoms with Crippen molar-refractivity contribution in [2.75, 3.05) is 20.7 Å². The van der Waals surface area contributed by atoms with Crippen molar-refractivity contribution in [3.8, 4) is 0 Å². The summed E-state index contributed by atoms with van der Waals surface area (Å²) in [5.41, 5.74) is 5.67. The molecule has 2 aromatic rings.